The molecule has 4 heteroatoms. The zero-order valence-corrected chi connectivity index (χ0v) is 35.5. The van der Waals surface area contributed by atoms with Gasteiger partial charge in [-0.1, -0.05) is 142 Å². The molecule has 285 valence electrons. The maximum atomic E-state index is 5.39. The van der Waals surface area contributed by atoms with Gasteiger partial charge in [0.25, 0.3) is 0 Å². The van der Waals surface area contributed by atoms with E-state index in [0.717, 1.165) is 33.7 Å². The summed E-state index contributed by atoms with van der Waals surface area (Å²) in [6.45, 7) is 9.22. The maximum Gasteiger partial charge on any atom is 0.0780 e. The van der Waals surface area contributed by atoms with Crippen molar-refractivity contribution in [3.8, 4) is 39.5 Å². The number of benzene rings is 8. The van der Waals surface area contributed by atoms with E-state index >= 15 is 0 Å². The number of nitrogens with zero attached hydrogens (tertiary/aromatic N) is 3. The SMILES string of the molecule is CC(C)c1cc(-c2ccccc2)cc(C(C)C)c1-n1c(-c2[c-]cc3c(ccc4ccccc43)c2)nc2cc3ccccc3cc21.[Ir].[c-]1ccccc1-c1ccccn1. The first-order valence-corrected chi connectivity index (χ1v) is 19.8. The van der Waals surface area contributed by atoms with E-state index in [0.29, 0.717) is 11.8 Å². The second-order valence-corrected chi connectivity index (χ2v) is 15.3. The quantitative estimate of drug-likeness (QED) is 0.123. The van der Waals surface area contributed by atoms with E-state index in [4.69, 9.17) is 4.98 Å². The number of hydrogen-bond donors (Lipinski definition) is 0. The van der Waals surface area contributed by atoms with Crippen LogP contribution in [0.1, 0.15) is 50.7 Å². The Balaban J connectivity index is 0.000000309. The van der Waals surface area contributed by atoms with E-state index in [-0.39, 0.29) is 20.1 Å². The molecule has 0 saturated carbocycles. The Morgan fingerprint density at radius 3 is 1.86 bits per heavy atom. The predicted octanol–water partition coefficient (Wildman–Crippen LogP) is 14.4. The third-order valence-electron chi connectivity index (χ3n) is 10.8. The second-order valence-electron chi connectivity index (χ2n) is 15.3. The molecule has 0 N–H and O–H groups in total. The maximum absolute atomic E-state index is 5.39. The first kappa shape index (κ1) is 38.7. The summed E-state index contributed by atoms with van der Waals surface area (Å²) in [4.78, 5) is 9.61. The molecule has 10 aromatic rings. The van der Waals surface area contributed by atoms with Gasteiger partial charge in [-0.2, -0.15) is 0 Å². The zero-order valence-electron chi connectivity index (χ0n) is 33.1. The molecule has 0 amide bonds. The largest absolute Gasteiger partial charge is 0.333 e. The van der Waals surface area contributed by atoms with E-state index in [1.807, 2.05) is 42.5 Å². The van der Waals surface area contributed by atoms with Gasteiger partial charge in [0.2, 0.25) is 0 Å². The number of fused-ring (bicyclic) bond motifs is 5. The standard InChI is InChI=1S/C43H35N2.C11H8N.Ir/c1-27(2)38-23-35(29-12-6-5-7-13-29)24-39(28(3)4)42(38)45-41-26-32-16-9-8-15-31(32)25-40(41)44-43(45)34-20-21-37-33(22-34)19-18-30-14-10-11-17-36(30)37;1-2-6-10(7-3-1)11-8-4-5-9-12-11;/h5-19,21-28H,1-4H3;1-6,8-9H;/q2*-1;. The van der Waals surface area contributed by atoms with Crippen LogP contribution in [-0.4, -0.2) is 14.5 Å². The van der Waals surface area contributed by atoms with Crippen LogP contribution in [-0.2, 0) is 20.1 Å². The smallest absolute Gasteiger partial charge is 0.0780 e. The molecule has 2 heterocycles. The van der Waals surface area contributed by atoms with Gasteiger partial charge in [0.15, 0.2) is 0 Å². The van der Waals surface area contributed by atoms with Crippen molar-refractivity contribution in [3.05, 3.63) is 199 Å². The molecule has 0 bridgehead atoms. The Morgan fingerprint density at radius 1 is 0.517 bits per heavy atom. The molecule has 0 aliphatic heterocycles. The Labute approximate surface area is 354 Å². The molecule has 3 nitrogen and oxygen atoms in total. The van der Waals surface area contributed by atoms with Gasteiger partial charge >= 0.3 is 0 Å². The summed E-state index contributed by atoms with van der Waals surface area (Å²) in [5.74, 6) is 1.53. The van der Waals surface area contributed by atoms with Crippen LogP contribution in [0.5, 0.6) is 0 Å². The van der Waals surface area contributed by atoms with Gasteiger partial charge in [0, 0.05) is 32.0 Å². The van der Waals surface area contributed by atoms with E-state index in [2.05, 4.69) is 177 Å². The van der Waals surface area contributed by atoms with Crippen molar-refractivity contribution in [1.29, 1.82) is 0 Å². The first-order chi connectivity index (χ1) is 27.9. The van der Waals surface area contributed by atoms with Crippen molar-refractivity contribution in [2.45, 2.75) is 39.5 Å². The number of imidazole rings is 1. The molecule has 0 aliphatic rings. The summed E-state index contributed by atoms with van der Waals surface area (Å²) in [5, 5.41) is 7.31. The van der Waals surface area contributed by atoms with Gasteiger partial charge in [-0.05, 0) is 86.3 Å². The van der Waals surface area contributed by atoms with Crippen LogP contribution in [0, 0.1) is 12.1 Å². The Bertz CT molecular complexity index is 2940. The number of pyridine rings is 1. The summed E-state index contributed by atoms with van der Waals surface area (Å²) in [6.07, 6.45) is 1.79. The van der Waals surface area contributed by atoms with Crippen molar-refractivity contribution in [2.75, 3.05) is 0 Å². The average molecular weight is 926 g/mol. The Kier molecular flexibility index (Phi) is 11.2. The average Bonchev–Trinajstić information content (AvgIpc) is 3.63. The van der Waals surface area contributed by atoms with Crippen LogP contribution in [0.3, 0.4) is 0 Å². The summed E-state index contributed by atoms with van der Waals surface area (Å²) >= 11 is 0. The van der Waals surface area contributed by atoms with Crippen LogP contribution >= 0.6 is 0 Å². The van der Waals surface area contributed by atoms with Crippen molar-refractivity contribution >= 4 is 43.4 Å². The number of aromatic nitrogens is 3. The molecule has 0 fully saturated rings. The van der Waals surface area contributed by atoms with Crippen molar-refractivity contribution in [1.82, 2.24) is 14.5 Å². The summed E-state index contributed by atoms with van der Waals surface area (Å²) in [7, 11) is 0. The molecule has 2 aromatic heterocycles. The third-order valence-corrected chi connectivity index (χ3v) is 10.8. The molecular formula is C54H43IrN3-2. The monoisotopic (exact) mass is 926 g/mol. The summed E-state index contributed by atoms with van der Waals surface area (Å²) in [5.41, 5.74) is 11.5. The van der Waals surface area contributed by atoms with Crippen molar-refractivity contribution in [2.24, 2.45) is 0 Å². The van der Waals surface area contributed by atoms with Gasteiger partial charge in [0.05, 0.1) is 16.9 Å². The minimum atomic E-state index is 0. The predicted molar refractivity (Wildman–Crippen MR) is 240 cm³/mol. The minimum absolute atomic E-state index is 0. The molecule has 0 spiro atoms. The molecule has 58 heavy (non-hydrogen) atoms. The second kappa shape index (κ2) is 16.7. The third kappa shape index (κ3) is 7.50. The van der Waals surface area contributed by atoms with E-state index in [1.165, 1.54) is 60.3 Å². The first-order valence-electron chi connectivity index (χ1n) is 19.8. The molecule has 0 unspecified atom stereocenters. The fourth-order valence-electron chi connectivity index (χ4n) is 7.94. The minimum Gasteiger partial charge on any atom is -0.333 e. The number of rotatable bonds is 6. The van der Waals surface area contributed by atoms with Gasteiger partial charge in [0.1, 0.15) is 0 Å². The molecule has 8 aromatic carbocycles. The molecule has 1 radical (unpaired) electrons. The normalized spacial score (nSPS) is 11.3. The van der Waals surface area contributed by atoms with E-state index < -0.39 is 0 Å². The topological polar surface area (TPSA) is 30.7 Å². The summed E-state index contributed by atoms with van der Waals surface area (Å²) in [6, 6.07) is 66.6. The van der Waals surface area contributed by atoms with Crippen molar-refractivity contribution < 1.29 is 20.1 Å². The van der Waals surface area contributed by atoms with Crippen LogP contribution in [0.25, 0.3) is 82.8 Å². The van der Waals surface area contributed by atoms with Gasteiger partial charge in [-0.25, -0.2) is 0 Å². The molecular weight excluding hydrogens is 883 g/mol. The fourth-order valence-corrected chi connectivity index (χ4v) is 7.94. The molecule has 0 atom stereocenters. The van der Waals surface area contributed by atoms with Crippen LogP contribution < -0.4 is 0 Å². The van der Waals surface area contributed by atoms with Gasteiger partial charge in [-0.15, -0.1) is 65.0 Å². The Hall–Kier alpha value is -6.19. The van der Waals surface area contributed by atoms with Gasteiger partial charge in [-0.3, -0.25) is 4.98 Å². The van der Waals surface area contributed by atoms with E-state index in [9.17, 15) is 0 Å². The van der Waals surface area contributed by atoms with Crippen LogP contribution in [0.2, 0.25) is 0 Å². The summed E-state index contributed by atoms with van der Waals surface area (Å²) < 4.78 is 2.43. The van der Waals surface area contributed by atoms with Crippen molar-refractivity contribution in [3.63, 3.8) is 0 Å². The Morgan fingerprint density at radius 2 is 1.17 bits per heavy atom. The molecule has 0 aliphatic carbocycles. The zero-order chi connectivity index (χ0) is 38.9. The van der Waals surface area contributed by atoms with Gasteiger partial charge < -0.3 is 9.55 Å². The van der Waals surface area contributed by atoms with Crippen LogP contribution in [0.4, 0.5) is 0 Å². The molecule has 0 saturated heterocycles. The molecule has 10 rings (SSSR count). The van der Waals surface area contributed by atoms with E-state index in [1.54, 1.807) is 6.20 Å². The number of hydrogen-bond acceptors (Lipinski definition) is 2. The van der Waals surface area contributed by atoms with Crippen LogP contribution in [0.15, 0.2) is 176 Å². The fraction of sp³-hybridized carbons (Fsp3) is 0.111.